The molecular formula is C12H20N2O3. The zero-order valence-electron chi connectivity index (χ0n) is 10.4. The monoisotopic (exact) mass is 240 g/mol. The quantitative estimate of drug-likeness (QED) is 0.756. The fraction of sp³-hybridized carbons (Fsp3) is 0.833. The van der Waals surface area contributed by atoms with Crippen molar-refractivity contribution in [3.05, 3.63) is 0 Å². The normalized spacial score (nSPS) is 24.2. The average molecular weight is 240 g/mol. The van der Waals surface area contributed by atoms with Crippen LogP contribution in [-0.4, -0.2) is 47.3 Å². The Balaban J connectivity index is 2.41. The van der Waals surface area contributed by atoms with E-state index < -0.39 is 12.1 Å². The molecule has 0 spiro atoms. The van der Waals surface area contributed by atoms with Crippen LogP contribution in [-0.2, 0) is 9.53 Å². The van der Waals surface area contributed by atoms with Gasteiger partial charge in [0.1, 0.15) is 0 Å². The molecule has 2 atom stereocenters. The van der Waals surface area contributed by atoms with Crippen molar-refractivity contribution in [1.29, 1.82) is 5.26 Å². The highest BCUT2D eigenvalue weighted by molar-refractivity contribution is 5.72. The van der Waals surface area contributed by atoms with Gasteiger partial charge in [-0.15, -0.1) is 0 Å². The molecule has 1 aliphatic rings. The van der Waals surface area contributed by atoms with Crippen LogP contribution in [0, 0.1) is 11.3 Å². The molecule has 17 heavy (non-hydrogen) atoms. The van der Waals surface area contributed by atoms with Gasteiger partial charge in [0.05, 0.1) is 12.2 Å². The van der Waals surface area contributed by atoms with Crippen LogP contribution >= 0.6 is 0 Å². The van der Waals surface area contributed by atoms with Crippen molar-refractivity contribution >= 4 is 5.97 Å². The van der Waals surface area contributed by atoms with E-state index in [1.165, 1.54) is 0 Å². The van der Waals surface area contributed by atoms with Crippen molar-refractivity contribution in [3.8, 4) is 6.07 Å². The van der Waals surface area contributed by atoms with E-state index in [1.54, 1.807) is 0 Å². The van der Waals surface area contributed by atoms with Crippen molar-refractivity contribution in [1.82, 2.24) is 4.90 Å². The van der Waals surface area contributed by atoms with E-state index in [9.17, 15) is 4.79 Å². The maximum atomic E-state index is 10.8. The third-order valence-corrected chi connectivity index (χ3v) is 3.06. The van der Waals surface area contributed by atoms with Gasteiger partial charge in [-0.1, -0.05) is 0 Å². The summed E-state index contributed by atoms with van der Waals surface area (Å²) in [4.78, 5) is 12.9. The molecule has 1 N–H and O–H groups in total. The molecule has 0 radical (unpaired) electrons. The molecule has 2 unspecified atom stereocenters. The van der Waals surface area contributed by atoms with Gasteiger partial charge in [-0.25, -0.2) is 4.79 Å². The first kappa shape index (κ1) is 13.9. The molecule has 0 aromatic carbocycles. The first-order valence-electron chi connectivity index (χ1n) is 6.04. The van der Waals surface area contributed by atoms with Gasteiger partial charge >= 0.3 is 5.97 Å². The maximum Gasteiger partial charge on any atom is 0.332 e. The lowest BCUT2D eigenvalue weighted by Gasteiger charge is -2.28. The molecule has 0 aromatic heterocycles. The zero-order chi connectivity index (χ0) is 12.8. The summed E-state index contributed by atoms with van der Waals surface area (Å²) in [7, 11) is 0. The molecule has 1 heterocycles. The van der Waals surface area contributed by atoms with Crippen LogP contribution in [0.4, 0.5) is 0 Å². The summed E-state index contributed by atoms with van der Waals surface area (Å²) in [6.45, 7) is 5.57. The Hall–Kier alpha value is -1.12. The van der Waals surface area contributed by atoms with Gasteiger partial charge in [0.25, 0.3) is 0 Å². The molecule has 0 saturated carbocycles. The molecule has 1 fully saturated rings. The molecule has 5 nitrogen and oxygen atoms in total. The Morgan fingerprint density at radius 3 is 2.76 bits per heavy atom. The fourth-order valence-electron chi connectivity index (χ4n) is 2.04. The molecule has 0 bridgehead atoms. The Labute approximate surface area is 102 Å². The fourth-order valence-corrected chi connectivity index (χ4v) is 2.04. The second-order valence-corrected chi connectivity index (χ2v) is 4.66. The summed E-state index contributed by atoms with van der Waals surface area (Å²) in [5.74, 6) is -0.874. The largest absolute Gasteiger partial charge is 0.479 e. The smallest absolute Gasteiger partial charge is 0.332 e. The number of ether oxygens (including phenoxy) is 1. The minimum absolute atomic E-state index is 0.0165. The van der Waals surface area contributed by atoms with Crippen molar-refractivity contribution in [2.75, 3.05) is 13.1 Å². The standard InChI is InChI=1S/C12H20N2O3/c1-9(2)14(7-3-6-13)8-10-4-5-11(17-10)12(15)16/h9-11H,3-5,7-8H2,1-2H3,(H,15,16). The van der Waals surface area contributed by atoms with Gasteiger partial charge in [-0.2, -0.15) is 5.26 Å². The van der Waals surface area contributed by atoms with Crippen LogP contribution in [0.3, 0.4) is 0 Å². The Morgan fingerprint density at radius 2 is 2.29 bits per heavy atom. The predicted molar refractivity (Wildman–Crippen MR) is 62.5 cm³/mol. The number of carboxylic acid groups (broad SMARTS) is 1. The van der Waals surface area contributed by atoms with Crippen LogP contribution < -0.4 is 0 Å². The number of carboxylic acids is 1. The summed E-state index contributed by atoms with van der Waals surface area (Å²) in [6, 6.07) is 2.47. The molecule has 0 amide bonds. The zero-order valence-corrected chi connectivity index (χ0v) is 10.4. The summed E-state index contributed by atoms with van der Waals surface area (Å²) < 4.78 is 5.46. The second kappa shape index (κ2) is 6.58. The van der Waals surface area contributed by atoms with Gasteiger partial charge in [-0.05, 0) is 26.7 Å². The minimum Gasteiger partial charge on any atom is -0.479 e. The van der Waals surface area contributed by atoms with Crippen molar-refractivity contribution < 1.29 is 14.6 Å². The van der Waals surface area contributed by atoms with E-state index >= 15 is 0 Å². The lowest BCUT2D eigenvalue weighted by Crippen LogP contribution is -2.38. The lowest BCUT2D eigenvalue weighted by molar-refractivity contribution is -0.149. The van der Waals surface area contributed by atoms with Crippen molar-refractivity contribution in [2.24, 2.45) is 0 Å². The van der Waals surface area contributed by atoms with E-state index in [0.29, 0.717) is 32.0 Å². The number of rotatable bonds is 6. The molecule has 0 aliphatic carbocycles. The Bertz CT molecular complexity index is 299. The highest BCUT2D eigenvalue weighted by Gasteiger charge is 2.31. The van der Waals surface area contributed by atoms with E-state index in [4.69, 9.17) is 15.1 Å². The Kier molecular flexibility index (Phi) is 5.39. The van der Waals surface area contributed by atoms with Gasteiger partial charge in [-0.3, -0.25) is 4.90 Å². The van der Waals surface area contributed by atoms with Crippen molar-refractivity contribution in [3.63, 3.8) is 0 Å². The van der Waals surface area contributed by atoms with Crippen molar-refractivity contribution in [2.45, 2.75) is 51.4 Å². The van der Waals surface area contributed by atoms with Crippen LogP contribution in [0.1, 0.15) is 33.1 Å². The maximum absolute atomic E-state index is 10.8. The third kappa shape index (κ3) is 4.33. The van der Waals surface area contributed by atoms with Crippen LogP contribution in [0.25, 0.3) is 0 Å². The number of hydrogen-bond donors (Lipinski definition) is 1. The number of carbonyl (C=O) groups is 1. The topological polar surface area (TPSA) is 73.6 Å². The predicted octanol–water partition coefficient (Wildman–Crippen LogP) is 1.24. The van der Waals surface area contributed by atoms with Crippen LogP contribution in [0.5, 0.6) is 0 Å². The number of nitrogens with zero attached hydrogens (tertiary/aromatic N) is 2. The highest BCUT2D eigenvalue weighted by atomic mass is 16.5. The summed E-state index contributed by atoms with van der Waals surface area (Å²) in [5.41, 5.74) is 0. The summed E-state index contributed by atoms with van der Waals surface area (Å²) >= 11 is 0. The Morgan fingerprint density at radius 1 is 1.59 bits per heavy atom. The average Bonchev–Trinajstić information content (AvgIpc) is 2.72. The molecule has 0 aromatic rings. The SMILES string of the molecule is CC(C)N(CCC#N)CC1CCC(C(=O)O)O1. The summed E-state index contributed by atoms with van der Waals surface area (Å²) in [6.07, 6.45) is 1.20. The number of hydrogen-bond acceptors (Lipinski definition) is 4. The van der Waals surface area contributed by atoms with Gasteiger partial charge in [0.15, 0.2) is 6.10 Å². The third-order valence-electron chi connectivity index (χ3n) is 3.06. The number of nitriles is 1. The molecule has 5 heteroatoms. The van der Waals surface area contributed by atoms with Crippen LogP contribution in [0.2, 0.25) is 0 Å². The number of aliphatic carboxylic acids is 1. The van der Waals surface area contributed by atoms with E-state index in [2.05, 4.69) is 24.8 Å². The molecule has 96 valence electrons. The first-order chi connectivity index (χ1) is 8.04. The summed E-state index contributed by atoms with van der Waals surface area (Å²) in [5, 5.41) is 17.4. The molecular weight excluding hydrogens is 220 g/mol. The molecule has 1 saturated heterocycles. The van der Waals surface area contributed by atoms with E-state index in [0.717, 1.165) is 6.42 Å². The van der Waals surface area contributed by atoms with E-state index in [-0.39, 0.29) is 6.10 Å². The first-order valence-corrected chi connectivity index (χ1v) is 6.04. The lowest BCUT2D eigenvalue weighted by atomic mass is 10.1. The highest BCUT2D eigenvalue weighted by Crippen LogP contribution is 2.21. The van der Waals surface area contributed by atoms with Gasteiger partial charge < -0.3 is 9.84 Å². The molecule has 1 rings (SSSR count). The minimum atomic E-state index is -0.874. The van der Waals surface area contributed by atoms with Gasteiger partial charge in [0, 0.05) is 25.6 Å². The van der Waals surface area contributed by atoms with Gasteiger partial charge in [0.2, 0.25) is 0 Å². The van der Waals surface area contributed by atoms with E-state index in [1.807, 2.05) is 0 Å². The second-order valence-electron chi connectivity index (χ2n) is 4.66. The molecule has 1 aliphatic heterocycles. The van der Waals surface area contributed by atoms with Crippen LogP contribution in [0.15, 0.2) is 0 Å².